The monoisotopic (exact) mass is 689 g/mol. The van der Waals surface area contributed by atoms with Crippen molar-refractivity contribution in [2.45, 2.75) is 48.7 Å². The molecular formula is C33H32ClF4N5O3S. The number of pyridine rings is 1. The number of nitrogens with two attached hydrogens (primary N) is 1. The Hall–Kier alpha value is -3.88. The number of carbonyl (C=O) groups is 1. The molecule has 2 heterocycles. The fraction of sp³-hybridized carbons (Fsp3) is 0.273. The third kappa shape index (κ3) is 7.65. The lowest BCUT2D eigenvalue weighted by Crippen LogP contribution is -2.58. The van der Waals surface area contributed by atoms with Gasteiger partial charge in [0.2, 0.25) is 15.9 Å². The van der Waals surface area contributed by atoms with Crippen molar-refractivity contribution in [3.8, 4) is 0 Å². The Labute approximate surface area is 275 Å². The minimum Gasteiger partial charge on any atom is -0.323 e. The number of nitrogens with one attached hydrogen (secondary N) is 2. The molecule has 14 heteroatoms. The van der Waals surface area contributed by atoms with Gasteiger partial charge in [-0.3, -0.25) is 9.78 Å². The lowest BCUT2D eigenvalue weighted by Gasteiger charge is -2.40. The summed E-state index contributed by atoms with van der Waals surface area (Å²) < 4.78 is 86.3. The minimum atomic E-state index is -4.02. The topological polar surface area (TPSA) is 117 Å². The van der Waals surface area contributed by atoms with E-state index < -0.39 is 63.2 Å². The molecule has 1 aliphatic heterocycles. The first-order chi connectivity index (χ1) is 22.4. The van der Waals surface area contributed by atoms with E-state index >= 15 is 4.39 Å². The van der Waals surface area contributed by atoms with Crippen LogP contribution >= 0.6 is 11.6 Å². The molecule has 248 valence electrons. The molecule has 4 N–H and O–H groups in total. The molecule has 47 heavy (non-hydrogen) atoms. The number of aromatic nitrogens is 1. The van der Waals surface area contributed by atoms with Crippen LogP contribution in [0.25, 0.3) is 0 Å². The van der Waals surface area contributed by atoms with Crippen molar-refractivity contribution in [3.05, 3.63) is 124 Å². The molecule has 0 saturated carbocycles. The van der Waals surface area contributed by atoms with Crippen LogP contribution in [-0.4, -0.2) is 54.8 Å². The summed E-state index contributed by atoms with van der Waals surface area (Å²) in [5, 5.41) is 5.88. The maximum Gasteiger partial charge on any atom is 0.245 e. The predicted octanol–water partition coefficient (Wildman–Crippen LogP) is 5.37. The Morgan fingerprint density at radius 1 is 1.00 bits per heavy atom. The van der Waals surface area contributed by atoms with E-state index in [1.807, 2.05) is 0 Å². The van der Waals surface area contributed by atoms with Crippen molar-refractivity contribution in [2.75, 3.05) is 18.4 Å². The first-order valence-corrected chi connectivity index (χ1v) is 16.6. The molecule has 1 aromatic heterocycles. The average Bonchev–Trinajstić information content (AvgIpc) is 3.01. The van der Waals surface area contributed by atoms with Gasteiger partial charge < -0.3 is 16.4 Å². The summed E-state index contributed by atoms with van der Waals surface area (Å²) in [6.07, 6.45) is 2.38. The van der Waals surface area contributed by atoms with Gasteiger partial charge in [-0.2, -0.15) is 4.31 Å². The van der Waals surface area contributed by atoms with Crippen molar-refractivity contribution in [1.82, 2.24) is 14.6 Å². The molecule has 8 nitrogen and oxygen atoms in total. The van der Waals surface area contributed by atoms with Gasteiger partial charge in [0.05, 0.1) is 29.1 Å². The van der Waals surface area contributed by atoms with Crippen LogP contribution in [0.15, 0.2) is 84.0 Å². The van der Waals surface area contributed by atoms with E-state index in [1.165, 1.54) is 34.8 Å². The molecule has 3 aromatic carbocycles. The molecule has 1 unspecified atom stereocenters. The molecule has 0 radical (unpaired) electrons. The highest BCUT2D eigenvalue weighted by atomic mass is 35.5. The summed E-state index contributed by atoms with van der Waals surface area (Å²) >= 11 is 6.25. The van der Waals surface area contributed by atoms with Crippen LogP contribution in [0.1, 0.15) is 36.0 Å². The summed E-state index contributed by atoms with van der Waals surface area (Å²) in [6.45, 7) is 2.44. The van der Waals surface area contributed by atoms with Crippen molar-refractivity contribution >= 4 is 33.2 Å². The number of amides is 1. The number of carbonyl (C=O) groups excluding carboxylic acids is 1. The first-order valence-electron chi connectivity index (χ1n) is 14.8. The fourth-order valence-corrected chi connectivity index (χ4v) is 8.30. The van der Waals surface area contributed by atoms with E-state index in [1.54, 1.807) is 19.1 Å². The van der Waals surface area contributed by atoms with Crippen molar-refractivity contribution in [3.63, 3.8) is 0 Å². The van der Waals surface area contributed by atoms with Crippen LogP contribution in [0.5, 0.6) is 0 Å². The van der Waals surface area contributed by atoms with Crippen LogP contribution in [-0.2, 0) is 21.2 Å². The highest BCUT2D eigenvalue weighted by Gasteiger charge is 2.39. The Balaban J connectivity index is 1.40. The fourth-order valence-electron chi connectivity index (χ4n) is 5.96. The summed E-state index contributed by atoms with van der Waals surface area (Å²) in [4.78, 5) is 17.4. The number of halogens is 5. The van der Waals surface area contributed by atoms with E-state index in [-0.39, 0.29) is 46.1 Å². The second-order valence-electron chi connectivity index (χ2n) is 11.4. The highest BCUT2D eigenvalue weighted by Crippen LogP contribution is 2.32. The summed E-state index contributed by atoms with van der Waals surface area (Å²) in [5.74, 6) is -5.03. The number of benzene rings is 3. The molecule has 0 spiro atoms. The number of rotatable bonds is 10. The van der Waals surface area contributed by atoms with E-state index in [4.69, 9.17) is 17.3 Å². The zero-order valence-electron chi connectivity index (χ0n) is 25.1. The third-order valence-electron chi connectivity index (χ3n) is 8.13. The van der Waals surface area contributed by atoms with Gasteiger partial charge in [-0.15, -0.1) is 0 Å². The van der Waals surface area contributed by atoms with Crippen LogP contribution in [0.2, 0.25) is 5.02 Å². The maximum absolute atomic E-state index is 15.3. The van der Waals surface area contributed by atoms with E-state index in [0.717, 1.165) is 30.5 Å². The number of piperazine rings is 1. The van der Waals surface area contributed by atoms with E-state index in [9.17, 15) is 26.4 Å². The van der Waals surface area contributed by atoms with Crippen molar-refractivity contribution < 1.29 is 30.8 Å². The molecule has 0 bridgehead atoms. The summed E-state index contributed by atoms with van der Waals surface area (Å²) in [7, 11) is -4.02. The van der Waals surface area contributed by atoms with E-state index in [2.05, 4.69) is 15.6 Å². The molecule has 1 fully saturated rings. The van der Waals surface area contributed by atoms with E-state index in [0.29, 0.717) is 18.2 Å². The van der Waals surface area contributed by atoms with Gasteiger partial charge in [-0.05, 0) is 67.3 Å². The molecule has 1 saturated heterocycles. The molecular weight excluding hydrogens is 658 g/mol. The standard InChI is InChI=1S/C33H32ClF4N5O3S/c1-19-15-40-16-25(43(19)47(45,46)30-5-3-2-4-27(30)34)10-11-26-28(38)17-41-18-29(26)42-33(44)32(39)31(20-6-8-22(35)9-7-20)21-12-23(36)14-24(37)13-21/h2-9,12-14,17-19,25,31-32,40H,10-11,15-16,39H2,1H3,(H,42,44)/t19-,25-,31?,32-/m0/s1. The highest BCUT2D eigenvalue weighted by molar-refractivity contribution is 7.89. The largest absolute Gasteiger partial charge is 0.323 e. The number of hydrogen-bond donors (Lipinski definition) is 3. The SMILES string of the molecule is C[C@H]1CNC[C@H](CCc2c(F)cncc2NC(=O)[C@@H](N)C(c2ccc(F)cc2)c2cc(F)cc(F)c2)N1S(=O)(=O)c1ccccc1Cl. The Bertz CT molecular complexity index is 1850. The lowest BCUT2D eigenvalue weighted by molar-refractivity contribution is -0.117. The lowest BCUT2D eigenvalue weighted by atomic mass is 9.84. The first kappa shape index (κ1) is 34.5. The molecule has 4 aromatic rings. The van der Waals surface area contributed by atoms with Gasteiger partial charge in [0, 0.05) is 42.7 Å². The quantitative estimate of drug-likeness (QED) is 0.193. The Kier molecular flexibility index (Phi) is 10.6. The summed E-state index contributed by atoms with van der Waals surface area (Å²) in [6, 6.07) is 11.3. The van der Waals surface area contributed by atoms with Gasteiger partial charge in [0.1, 0.15) is 28.2 Å². The maximum atomic E-state index is 15.3. The van der Waals surface area contributed by atoms with Crippen LogP contribution in [0, 0.1) is 23.3 Å². The third-order valence-corrected chi connectivity index (χ3v) is 10.7. The van der Waals surface area contributed by atoms with Gasteiger partial charge in [0.25, 0.3) is 0 Å². The smallest absolute Gasteiger partial charge is 0.245 e. The molecule has 4 atom stereocenters. The Morgan fingerprint density at radius 2 is 1.68 bits per heavy atom. The zero-order valence-corrected chi connectivity index (χ0v) is 26.7. The van der Waals surface area contributed by atoms with Gasteiger partial charge in [-0.1, -0.05) is 35.9 Å². The van der Waals surface area contributed by atoms with Gasteiger partial charge in [-0.25, -0.2) is 26.0 Å². The second-order valence-corrected chi connectivity index (χ2v) is 13.6. The number of sulfonamides is 1. The van der Waals surface area contributed by atoms with Crippen LogP contribution in [0.3, 0.4) is 0 Å². The Morgan fingerprint density at radius 3 is 2.36 bits per heavy atom. The van der Waals surface area contributed by atoms with Gasteiger partial charge in [0.15, 0.2) is 0 Å². The average molecular weight is 690 g/mol. The van der Waals surface area contributed by atoms with Crippen LogP contribution < -0.4 is 16.4 Å². The molecule has 1 amide bonds. The summed E-state index contributed by atoms with van der Waals surface area (Å²) in [5.41, 5.74) is 6.78. The second kappa shape index (κ2) is 14.5. The molecule has 0 aliphatic carbocycles. The minimum absolute atomic E-state index is 0.00329. The van der Waals surface area contributed by atoms with Crippen molar-refractivity contribution in [2.24, 2.45) is 5.73 Å². The molecule has 5 rings (SSSR count). The van der Waals surface area contributed by atoms with Gasteiger partial charge >= 0.3 is 0 Å². The molecule has 1 aliphatic rings. The number of anilines is 1. The number of hydrogen-bond acceptors (Lipinski definition) is 6. The predicted molar refractivity (Wildman–Crippen MR) is 170 cm³/mol. The number of nitrogens with zero attached hydrogens (tertiary/aromatic N) is 2. The van der Waals surface area contributed by atoms with Crippen molar-refractivity contribution in [1.29, 1.82) is 0 Å². The normalized spacial score (nSPS) is 18.4. The van der Waals surface area contributed by atoms with Crippen LogP contribution in [0.4, 0.5) is 23.2 Å². The zero-order chi connectivity index (χ0) is 33.9.